The highest BCUT2D eigenvalue weighted by Gasteiger charge is 2.38. The highest BCUT2D eigenvalue weighted by Crippen LogP contribution is 2.36. The molecule has 0 fully saturated rings. The molecule has 4 aromatic rings. The van der Waals surface area contributed by atoms with Gasteiger partial charge in [0.2, 0.25) is 5.96 Å². The molecule has 0 saturated carbocycles. The fourth-order valence-electron chi connectivity index (χ4n) is 4.98. The molecule has 176 valence electrons. The third-order valence-corrected chi connectivity index (χ3v) is 6.69. The molecule has 6 rings (SSSR count). The normalized spacial score (nSPS) is 16.2. The summed E-state index contributed by atoms with van der Waals surface area (Å²) in [5.41, 5.74) is 7.02. The van der Waals surface area contributed by atoms with Crippen LogP contribution in [0.3, 0.4) is 0 Å². The minimum absolute atomic E-state index is 0.164. The Kier molecular flexibility index (Phi) is 5.15. The number of carbonyl (C=O) groups is 2. The van der Waals surface area contributed by atoms with Crippen molar-refractivity contribution < 1.29 is 9.59 Å². The van der Waals surface area contributed by atoms with Gasteiger partial charge in [0, 0.05) is 16.9 Å². The molecule has 2 heterocycles. The SMILES string of the molecule is Cc1cccc(C)c1N1C(=O)c2ccc(NC3=NC(c4ccccc4)c4ccccc4N3)cc2C1=O. The van der Waals surface area contributed by atoms with E-state index in [0.717, 1.165) is 27.9 Å². The first-order valence-electron chi connectivity index (χ1n) is 11.9. The largest absolute Gasteiger partial charge is 0.326 e. The summed E-state index contributed by atoms with van der Waals surface area (Å²) in [6.45, 7) is 3.82. The van der Waals surface area contributed by atoms with Crippen molar-refractivity contribution in [1.29, 1.82) is 0 Å². The summed E-state index contributed by atoms with van der Waals surface area (Å²) in [5, 5.41) is 6.68. The Labute approximate surface area is 209 Å². The van der Waals surface area contributed by atoms with E-state index in [0.29, 0.717) is 28.5 Å². The number of nitrogens with zero attached hydrogens (tertiary/aromatic N) is 2. The first-order chi connectivity index (χ1) is 17.5. The number of aliphatic imine (C=N–C) groups is 1. The summed E-state index contributed by atoms with van der Waals surface area (Å²) in [5.74, 6) is -0.0434. The van der Waals surface area contributed by atoms with Crippen LogP contribution in [-0.2, 0) is 0 Å². The molecule has 2 aliphatic rings. The van der Waals surface area contributed by atoms with Crippen molar-refractivity contribution in [2.24, 2.45) is 4.99 Å². The van der Waals surface area contributed by atoms with E-state index >= 15 is 0 Å². The van der Waals surface area contributed by atoms with Crippen LogP contribution in [-0.4, -0.2) is 17.8 Å². The van der Waals surface area contributed by atoms with E-state index in [1.54, 1.807) is 18.2 Å². The van der Waals surface area contributed by atoms with Crippen LogP contribution in [0.1, 0.15) is 49.0 Å². The van der Waals surface area contributed by atoms with Gasteiger partial charge in [0.05, 0.1) is 16.8 Å². The Balaban J connectivity index is 1.33. The molecular weight excluding hydrogens is 448 g/mol. The lowest BCUT2D eigenvalue weighted by molar-refractivity contribution is 0.0925. The molecule has 0 aliphatic carbocycles. The molecule has 36 heavy (non-hydrogen) atoms. The minimum Gasteiger partial charge on any atom is -0.326 e. The lowest BCUT2D eigenvalue weighted by atomic mass is 9.96. The number of fused-ring (bicyclic) bond motifs is 2. The van der Waals surface area contributed by atoms with Crippen molar-refractivity contribution in [2.75, 3.05) is 15.5 Å². The van der Waals surface area contributed by atoms with E-state index in [1.165, 1.54) is 4.90 Å². The fourth-order valence-corrected chi connectivity index (χ4v) is 4.98. The summed E-state index contributed by atoms with van der Waals surface area (Å²) < 4.78 is 0. The lowest BCUT2D eigenvalue weighted by Crippen LogP contribution is -2.30. The van der Waals surface area contributed by atoms with Crippen LogP contribution >= 0.6 is 0 Å². The number of amides is 2. The zero-order valence-electron chi connectivity index (χ0n) is 19.9. The molecule has 0 radical (unpaired) electrons. The second-order valence-corrected chi connectivity index (χ2v) is 9.07. The van der Waals surface area contributed by atoms with Crippen molar-refractivity contribution in [1.82, 2.24) is 0 Å². The van der Waals surface area contributed by atoms with Gasteiger partial charge in [-0.2, -0.15) is 0 Å². The number of para-hydroxylation sites is 2. The smallest absolute Gasteiger partial charge is 0.266 e. The third kappa shape index (κ3) is 3.55. The average Bonchev–Trinajstić information content (AvgIpc) is 3.13. The maximum atomic E-state index is 13.4. The monoisotopic (exact) mass is 472 g/mol. The van der Waals surface area contributed by atoms with Gasteiger partial charge in [0.1, 0.15) is 6.04 Å². The van der Waals surface area contributed by atoms with Crippen LogP contribution < -0.4 is 15.5 Å². The fraction of sp³-hybridized carbons (Fsp3) is 0.100. The topological polar surface area (TPSA) is 73.8 Å². The number of hydrogen-bond donors (Lipinski definition) is 2. The summed E-state index contributed by atoms with van der Waals surface area (Å²) in [7, 11) is 0. The molecule has 0 saturated heterocycles. The number of anilines is 3. The number of benzene rings is 4. The van der Waals surface area contributed by atoms with Gasteiger partial charge in [0.15, 0.2) is 0 Å². The highest BCUT2D eigenvalue weighted by atomic mass is 16.2. The predicted molar refractivity (Wildman–Crippen MR) is 143 cm³/mol. The predicted octanol–water partition coefficient (Wildman–Crippen LogP) is 6.09. The summed E-state index contributed by atoms with van der Waals surface area (Å²) >= 11 is 0. The van der Waals surface area contributed by atoms with E-state index in [-0.39, 0.29) is 17.9 Å². The first-order valence-corrected chi connectivity index (χ1v) is 11.9. The molecule has 6 heteroatoms. The molecule has 2 aliphatic heterocycles. The van der Waals surface area contributed by atoms with Crippen LogP contribution in [0.2, 0.25) is 0 Å². The van der Waals surface area contributed by atoms with Gasteiger partial charge in [-0.15, -0.1) is 0 Å². The van der Waals surface area contributed by atoms with Crippen LogP contribution in [0, 0.1) is 13.8 Å². The standard InChI is InChI=1S/C30H24N4O2/c1-18-9-8-10-19(2)27(18)34-28(35)22-16-15-21(17-24(22)29(34)36)31-30-32-25-14-7-6-13-23(25)26(33-30)20-11-4-3-5-12-20/h3-17,26H,1-2H3,(H2,31,32,33). The zero-order chi connectivity index (χ0) is 24.8. The molecule has 1 atom stereocenters. The molecule has 1 unspecified atom stereocenters. The number of aryl methyl sites for hydroxylation is 2. The number of hydrogen-bond acceptors (Lipinski definition) is 5. The molecule has 4 aromatic carbocycles. The van der Waals surface area contributed by atoms with Gasteiger partial charge in [-0.05, 0) is 54.8 Å². The molecule has 0 aromatic heterocycles. The van der Waals surface area contributed by atoms with Crippen molar-refractivity contribution in [2.45, 2.75) is 19.9 Å². The Hall–Kier alpha value is -4.71. The molecular formula is C30H24N4O2. The first kappa shape index (κ1) is 21.8. The number of imide groups is 1. The Morgan fingerprint density at radius 2 is 1.47 bits per heavy atom. The molecule has 6 nitrogen and oxygen atoms in total. The van der Waals surface area contributed by atoms with E-state index in [2.05, 4.69) is 28.8 Å². The quantitative estimate of drug-likeness (QED) is 0.354. The van der Waals surface area contributed by atoms with Crippen molar-refractivity contribution in [3.63, 3.8) is 0 Å². The minimum atomic E-state index is -0.318. The molecule has 2 amide bonds. The van der Waals surface area contributed by atoms with Gasteiger partial charge < -0.3 is 10.6 Å². The third-order valence-electron chi connectivity index (χ3n) is 6.69. The van der Waals surface area contributed by atoms with E-state index in [4.69, 9.17) is 4.99 Å². The van der Waals surface area contributed by atoms with E-state index in [1.807, 2.05) is 68.4 Å². The number of carbonyl (C=O) groups excluding carboxylic acids is 2. The summed E-state index contributed by atoms with van der Waals surface area (Å²) in [6.07, 6.45) is 0. The Morgan fingerprint density at radius 1 is 0.778 bits per heavy atom. The maximum absolute atomic E-state index is 13.4. The molecule has 0 bridgehead atoms. The van der Waals surface area contributed by atoms with Crippen LogP contribution in [0.5, 0.6) is 0 Å². The van der Waals surface area contributed by atoms with E-state index in [9.17, 15) is 9.59 Å². The van der Waals surface area contributed by atoms with Gasteiger partial charge in [-0.1, -0.05) is 66.7 Å². The number of nitrogens with one attached hydrogen (secondary N) is 2. The van der Waals surface area contributed by atoms with Gasteiger partial charge >= 0.3 is 0 Å². The van der Waals surface area contributed by atoms with E-state index < -0.39 is 0 Å². The van der Waals surface area contributed by atoms with Crippen molar-refractivity contribution in [3.8, 4) is 0 Å². The molecule has 0 spiro atoms. The number of rotatable bonds is 3. The van der Waals surface area contributed by atoms with Gasteiger partial charge in [0.25, 0.3) is 11.8 Å². The van der Waals surface area contributed by atoms with Crippen molar-refractivity contribution >= 4 is 34.8 Å². The average molecular weight is 473 g/mol. The highest BCUT2D eigenvalue weighted by molar-refractivity contribution is 6.35. The van der Waals surface area contributed by atoms with Crippen LogP contribution in [0.15, 0.2) is 96.0 Å². The zero-order valence-corrected chi connectivity index (χ0v) is 19.9. The summed E-state index contributed by atoms with van der Waals surface area (Å²) in [4.78, 5) is 32.8. The molecule has 2 N–H and O–H groups in total. The van der Waals surface area contributed by atoms with Gasteiger partial charge in [-0.25, -0.2) is 9.89 Å². The van der Waals surface area contributed by atoms with Crippen LogP contribution in [0.25, 0.3) is 0 Å². The lowest BCUT2D eigenvalue weighted by Gasteiger charge is -2.26. The Bertz CT molecular complexity index is 1540. The number of guanidine groups is 1. The van der Waals surface area contributed by atoms with Crippen molar-refractivity contribution in [3.05, 3.63) is 124 Å². The van der Waals surface area contributed by atoms with Gasteiger partial charge in [-0.3, -0.25) is 9.59 Å². The Morgan fingerprint density at radius 3 is 2.25 bits per heavy atom. The second kappa shape index (κ2) is 8.50. The van der Waals surface area contributed by atoms with Crippen LogP contribution in [0.4, 0.5) is 17.1 Å². The maximum Gasteiger partial charge on any atom is 0.266 e. The summed E-state index contributed by atoms with van der Waals surface area (Å²) in [6, 6.07) is 29.0. The second-order valence-electron chi connectivity index (χ2n) is 9.07.